The van der Waals surface area contributed by atoms with Gasteiger partial charge in [0.25, 0.3) is 0 Å². The second kappa shape index (κ2) is 40.5. The summed E-state index contributed by atoms with van der Waals surface area (Å²) in [7, 11) is 0. The first-order valence-corrected chi connectivity index (χ1v) is 24.9. The second-order valence-corrected chi connectivity index (χ2v) is 23.8. The molecule has 0 fully saturated rings. The van der Waals surface area contributed by atoms with Crippen molar-refractivity contribution in [3.05, 3.63) is 29.8 Å². The predicted molar refractivity (Wildman–Crippen MR) is 297 cm³/mol. The number of para-hydroxylation sites is 1. The summed E-state index contributed by atoms with van der Waals surface area (Å²) in [6, 6.07) is 8.46. The van der Waals surface area contributed by atoms with Gasteiger partial charge in [-0.1, -0.05) is 67.7 Å². The molecule has 0 aliphatic carbocycles. The van der Waals surface area contributed by atoms with Crippen molar-refractivity contribution in [3.8, 4) is 5.75 Å². The molecule has 1 aromatic rings. The average Bonchev–Trinajstić information content (AvgIpc) is 3.08. The normalized spacial score (nSPS) is 12.8. The molecule has 406 valence electrons. The van der Waals surface area contributed by atoms with Crippen LogP contribution in [0.2, 0.25) is 0 Å². The van der Waals surface area contributed by atoms with Crippen molar-refractivity contribution in [3.63, 3.8) is 0 Å². The summed E-state index contributed by atoms with van der Waals surface area (Å²) in [4.78, 5) is 0. The molecule has 0 saturated heterocycles. The third kappa shape index (κ3) is 82.8. The van der Waals surface area contributed by atoms with Gasteiger partial charge in [-0.25, -0.2) is 0 Å². The van der Waals surface area contributed by atoms with Gasteiger partial charge in [0.1, 0.15) is 17.4 Å². The number of hydrogen-bond donors (Lipinski definition) is 1. The maximum Gasteiger partial charge on any atom is 0.122 e. The SMILES string of the molecule is C.C.CC([NH3+])COC(C)(C)C.CCC(C)(CC)OC(C)(C)C.CCC(C)OC(C)(C)C.CCCOC(C)(C)C.CCCOC(C)(C)C.CCOC(C)(C)C.Cc1ccccc1OC(C)(C)C. The van der Waals surface area contributed by atoms with Crippen molar-refractivity contribution in [2.45, 2.75) is 319 Å². The lowest BCUT2D eigenvalue weighted by atomic mass is 9.98. The van der Waals surface area contributed by atoms with Crippen molar-refractivity contribution in [2.75, 3.05) is 26.4 Å². The molecule has 8 heteroatoms. The number of benzene rings is 1. The lowest BCUT2D eigenvalue weighted by Gasteiger charge is -2.35. The first-order valence-electron chi connectivity index (χ1n) is 24.9. The van der Waals surface area contributed by atoms with E-state index >= 15 is 0 Å². The Labute approximate surface area is 418 Å². The van der Waals surface area contributed by atoms with Crippen LogP contribution < -0.4 is 10.5 Å². The molecule has 2 atom stereocenters. The molecule has 0 aliphatic heterocycles. The maximum absolute atomic E-state index is 5.92. The lowest BCUT2D eigenvalue weighted by Crippen LogP contribution is -2.61. The Balaban J connectivity index is -0.0000000994. The molecule has 8 nitrogen and oxygen atoms in total. The first kappa shape index (κ1) is 81.7. The highest BCUT2D eigenvalue weighted by atomic mass is 16.5. The molecule has 1 aromatic carbocycles. The van der Waals surface area contributed by atoms with Crippen molar-refractivity contribution in [2.24, 2.45) is 0 Å². The fourth-order valence-corrected chi connectivity index (χ4v) is 4.46. The molecule has 0 heterocycles. The predicted octanol–water partition coefficient (Wildman–Crippen LogP) is 17.1. The Morgan fingerprint density at radius 2 is 0.848 bits per heavy atom. The molecule has 0 bridgehead atoms. The summed E-state index contributed by atoms with van der Waals surface area (Å²) in [5.74, 6) is 0.977. The number of hydrogen-bond acceptors (Lipinski definition) is 7. The third-order valence-electron chi connectivity index (χ3n) is 7.54. The van der Waals surface area contributed by atoms with Crippen LogP contribution in [0.3, 0.4) is 0 Å². The Morgan fingerprint density at radius 3 is 1.00 bits per heavy atom. The molecule has 0 amide bonds. The van der Waals surface area contributed by atoms with E-state index in [9.17, 15) is 0 Å². The van der Waals surface area contributed by atoms with Crippen molar-refractivity contribution >= 4 is 0 Å². The third-order valence-corrected chi connectivity index (χ3v) is 7.54. The first-order chi connectivity index (χ1) is 28.4. The second-order valence-electron chi connectivity index (χ2n) is 23.8. The Morgan fingerprint density at radius 1 is 0.485 bits per heavy atom. The van der Waals surface area contributed by atoms with Crippen LogP contribution in [-0.2, 0) is 28.4 Å². The summed E-state index contributed by atoms with van der Waals surface area (Å²) in [6.07, 6.45) is 5.87. The van der Waals surface area contributed by atoms with Gasteiger partial charge in [-0.05, 0) is 224 Å². The molecule has 0 aliphatic rings. The minimum absolute atomic E-state index is 0. The Bertz CT molecular complexity index is 1130. The molecular formula is C58H128NO7+. The van der Waals surface area contributed by atoms with E-state index in [4.69, 9.17) is 33.2 Å². The molecular weight excluding hydrogens is 823 g/mol. The molecule has 3 N–H and O–H groups in total. The van der Waals surface area contributed by atoms with Crippen LogP contribution >= 0.6 is 0 Å². The molecule has 0 saturated carbocycles. The van der Waals surface area contributed by atoms with E-state index in [1.165, 1.54) is 5.56 Å². The van der Waals surface area contributed by atoms with E-state index in [1.807, 2.05) is 32.0 Å². The van der Waals surface area contributed by atoms with E-state index in [2.05, 4.69) is 213 Å². The minimum atomic E-state index is -0.105. The van der Waals surface area contributed by atoms with Gasteiger partial charge in [0.2, 0.25) is 0 Å². The Kier molecular flexibility index (Phi) is 50.1. The van der Waals surface area contributed by atoms with E-state index in [0.717, 1.165) is 64.3 Å². The fraction of sp³-hybridized carbons (Fsp3) is 0.897. The summed E-state index contributed by atoms with van der Waals surface area (Å²) < 4.78 is 38.7. The van der Waals surface area contributed by atoms with Crippen molar-refractivity contribution in [1.82, 2.24) is 0 Å². The van der Waals surface area contributed by atoms with Crippen LogP contribution in [0, 0.1) is 6.92 Å². The van der Waals surface area contributed by atoms with Gasteiger partial charge in [-0.3, -0.25) is 0 Å². The summed E-state index contributed by atoms with van der Waals surface area (Å²) >= 11 is 0. The molecule has 0 aromatic heterocycles. The van der Waals surface area contributed by atoms with Gasteiger partial charge >= 0.3 is 0 Å². The highest BCUT2D eigenvalue weighted by molar-refractivity contribution is 5.32. The summed E-state index contributed by atoms with van der Waals surface area (Å²) in [5.41, 5.74) is 5.12. The molecule has 2 unspecified atom stereocenters. The highest BCUT2D eigenvalue weighted by Crippen LogP contribution is 2.26. The standard InChI is InChI=1S/C11H16O.C10H22O.C8H18O.C7H17NO.2C7H16O.C6H14O.2CH4/c1-9-7-5-6-8-10(9)12-11(2,3)4;1-7-10(6,8-2)11-9(3,4)5;1-6-7(2)9-8(3,4)5;1-6(8)5-9-7(2,3)4;2*1-5-6-8-7(2,3)4;1-5-7-6(2,3)4;;/h5-8H,1-4H3;7-8H2,1-6H3;7H,6H2,1-5H3;6H,5,8H2,1-4H3;2*5-6H2,1-4H3;5H2,1-4H3;2*1H4/p+1. The van der Waals surface area contributed by atoms with Crippen LogP contribution in [0.15, 0.2) is 24.3 Å². The van der Waals surface area contributed by atoms with Crippen LogP contribution in [0.1, 0.15) is 260 Å². The van der Waals surface area contributed by atoms with Gasteiger partial charge in [-0.15, -0.1) is 0 Å². The molecule has 1 rings (SSSR count). The number of quaternary nitrogens is 1. The van der Waals surface area contributed by atoms with Gasteiger partial charge in [0, 0.05) is 19.8 Å². The van der Waals surface area contributed by atoms with Crippen molar-refractivity contribution in [1.29, 1.82) is 0 Å². The fourth-order valence-electron chi connectivity index (χ4n) is 4.46. The van der Waals surface area contributed by atoms with E-state index in [0.29, 0.717) is 12.1 Å². The van der Waals surface area contributed by atoms with Crippen LogP contribution in [-0.4, -0.2) is 83.4 Å². The maximum atomic E-state index is 5.92. The summed E-state index contributed by atoms with van der Waals surface area (Å²) in [5, 5.41) is 0. The molecule has 0 spiro atoms. The van der Waals surface area contributed by atoms with Gasteiger partial charge in [0.05, 0.1) is 51.9 Å². The highest BCUT2D eigenvalue weighted by Gasteiger charge is 2.26. The topological polar surface area (TPSA) is 92.3 Å². The van der Waals surface area contributed by atoms with Crippen LogP contribution in [0.4, 0.5) is 0 Å². The number of rotatable bonds is 13. The van der Waals surface area contributed by atoms with E-state index in [-0.39, 0.29) is 59.7 Å². The number of aryl methyl sites for hydroxylation is 1. The van der Waals surface area contributed by atoms with Crippen LogP contribution in [0.5, 0.6) is 5.75 Å². The quantitative estimate of drug-likeness (QED) is 0.211. The lowest BCUT2D eigenvalue weighted by molar-refractivity contribution is -0.423. The molecule has 66 heavy (non-hydrogen) atoms. The van der Waals surface area contributed by atoms with Gasteiger partial charge in [0.15, 0.2) is 0 Å². The summed E-state index contributed by atoms with van der Waals surface area (Å²) in [6.45, 7) is 67.9. The monoisotopic (exact) mass is 951 g/mol. The zero-order valence-electron chi connectivity index (χ0n) is 49.4. The van der Waals surface area contributed by atoms with Crippen molar-refractivity contribution < 1.29 is 38.9 Å². The average molecular weight is 952 g/mol. The Hall–Kier alpha value is -1.26. The van der Waals surface area contributed by atoms with Gasteiger partial charge < -0.3 is 38.9 Å². The minimum Gasteiger partial charge on any atom is -0.488 e. The zero-order chi connectivity index (χ0) is 52.5. The number of ether oxygens (including phenoxy) is 7. The molecule has 0 radical (unpaired) electrons. The largest absolute Gasteiger partial charge is 0.488 e. The smallest absolute Gasteiger partial charge is 0.122 e. The van der Waals surface area contributed by atoms with E-state index in [1.54, 1.807) is 0 Å². The van der Waals surface area contributed by atoms with Gasteiger partial charge in [-0.2, -0.15) is 0 Å². The van der Waals surface area contributed by atoms with E-state index < -0.39 is 0 Å². The zero-order valence-corrected chi connectivity index (χ0v) is 49.4. The van der Waals surface area contributed by atoms with Crippen LogP contribution in [0.25, 0.3) is 0 Å².